The molecule has 6 heteroatoms. The molecule has 0 spiro atoms. The van der Waals surface area contributed by atoms with E-state index in [9.17, 15) is 9.59 Å². The van der Waals surface area contributed by atoms with Gasteiger partial charge in [-0.3, -0.25) is 5.43 Å². The molecule has 6 nitrogen and oxygen atoms in total. The first-order valence-corrected chi connectivity index (χ1v) is 6.90. The SMILES string of the molecule is CCOC(=O)C1=NN[C@H](C(=O)OCC)[C@H]1c1ccccc1. The van der Waals surface area contributed by atoms with Crippen LogP contribution in [0.2, 0.25) is 0 Å². The van der Waals surface area contributed by atoms with E-state index in [1.54, 1.807) is 13.8 Å². The summed E-state index contributed by atoms with van der Waals surface area (Å²) >= 11 is 0. The first-order valence-electron chi connectivity index (χ1n) is 6.90. The molecule has 0 radical (unpaired) electrons. The number of hydrogen-bond acceptors (Lipinski definition) is 6. The third-order valence-corrected chi connectivity index (χ3v) is 3.14. The molecule has 0 unspecified atom stereocenters. The van der Waals surface area contributed by atoms with Crippen LogP contribution in [0.3, 0.4) is 0 Å². The van der Waals surface area contributed by atoms with Gasteiger partial charge in [-0.25, -0.2) is 9.59 Å². The molecule has 0 amide bonds. The molecule has 0 saturated heterocycles. The Bertz CT molecular complexity index is 542. The van der Waals surface area contributed by atoms with E-state index in [-0.39, 0.29) is 18.9 Å². The maximum Gasteiger partial charge on any atom is 0.355 e. The normalized spacial score (nSPS) is 20.4. The summed E-state index contributed by atoms with van der Waals surface area (Å²) in [5, 5.41) is 3.99. The van der Waals surface area contributed by atoms with E-state index in [1.165, 1.54) is 0 Å². The molecule has 2 rings (SSSR count). The average molecular weight is 290 g/mol. The standard InChI is InChI=1S/C15H18N2O4/c1-3-20-14(18)12-11(10-8-6-5-7-9-10)13(17-16-12)15(19)21-4-2/h5-9,11-12,16H,3-4H2,1-2H3/t11-,12+/m1/s1. The average Bonchev–Trinajstić information content (AvgIpc) is 2.93. The second kappa shape index (κ2) is 6.88. The molecule has 1 heterocycles. The minimum Gasteiger partial charge on any atom is -0.464 e. The number of nitrogens with one attached hydrogen (secondary N) is 1. The summed E-state index contributed by atoms with van der Waals surface area (Å²) in [4.78, 5) is 24.1. The molecule has 21 heavy (non-hydrogen) atoms. The molecule has 0 bridgehead atoms. The Balaban J connectivity index is 2.30. The summed E-state index contributed by atoms with van der Waals surface area (Å²) in [6.07, 6.45) is 0. The van der Waals surface area contributed by atoms with Crippen molar-refractivity contribution in [3.05, 3.63) is 35.9 Å². The van der Waals surface area contributed by atoms with Gasteiger partial charge in [0.1, 0.15) is 0 Å². The lowest BCUT2D eigenvalue weighted by Crippen LogP contribution is -2.39. The Hall–Kier alpha value is -2.37. The third kappa shape index (κ3) is 3.21. The second-order valence-corrected chi connectivity index (χ2v) is 4.46. The summed E-state index contributed by atoms with van der Waals surface area (Å²) in [5.74, 6) is -1.47. The molecule has 112 valence electrons. The lowest BCUT2D eigenvalue weighted by Gasteiger charge is -2.19. The first kappa shape index (κ1) is 15.0. The Morgan fingerprint density at radius 1 is 1.14 bits per heavy atom. The van der Waals surface area contributed by atoms with E-state index < -0.39 is 23.9 Å². The van der Waals surface area contributed by atoms with Gasteiger partial charge in [0.25, 0.3) is 0 Å². The van der Waals surface area contributed by atoms with Crippen LogP contribution in [0, 0.1) is 0 Å². The summed E-state index contributed by atoms with van der Waals surface area (Å²) in [6, 6.07) is 8.54. The zero-order valence-corrected chi connectivity index (χ0v) is 12.0. The first-order chi connectivity index (χ1) is 10.2. The number of hydrogen-bond donors (Lipinski definition) is 1. The molecule has 1 N–H and O–H groups in total. The van der Waals surface area contributed by atoms with Gasteiger partial charge < -0.3 is 9.47 Å². The molecule has 1 aromatic rings. The van der Waals surface area contributed by atoms with E-state index >= 15 is 0 Å². The van der Waals surface area contributed by atoms with Crippen molar-refractivity contribution < 1.29 is 19.1 Å². The third-order valence-electron chi connectivity index (χ3n) is 3.14. The van der Waals surface area contributed by atoms with Crippen molar-refractivity contribution in [3.8, 4) is 0 Å². The van der Waals surface area contributed by atoms with Gasteiger partial charge in [0.05, 0.1) is 19.1 Å². The number of carbonyl (C=O) groups excluding carboxylic acids is 2. The summed E-state index contributed by atoms with van der Waals surface area (Å²) in [5.41, 5.74) is 3.70. The smallest absolute Gasteiger partial charge is 0.355 e. The fraction of sp³-hybridized carbons (Fsp3) is 0.400. The Kier molecular flexibility index (Phi) is 4.92. The molecular formula is C15H18N2O4. The monoisotopic (exact) mass is 290 g/mol. The highest BCUT2D eigenvalue weighted by atomic mass is 16.5. The predicted molar refractivity (Wildman–Crippen MR) is 76.8 cm³/mol. The number of hydrazone groups is 1. The second-order valence-electron chi connectivity index (χ2n) is 4.46. The van der Waals surface area contributed by atoms with E-state index in [1.807, 2.05) is 30.3 Å². The van der Waals surface area contributed by atoms with Gasteiger partial charge in [-0.05, 0) is 19.4 Å². The van der Waals surface area contributed by atoms with Crippen molar-refractivity contribution in [3.63, 3.8) is 0 Å². The number of carbonyl (C=O) groups is 2. The van der Waals surface area contributed by atoms with E-state index in [2.05, 4.69) is 10.5 Å². The zero-order chi connectivity index (χ0) is 15.2. The molecule has 1 aliphatic rings. The number of ether oxygens (including phenoxy) is 2. The van der Waals surface area contributed by atoms with Crippen LogP contribution in [0.4, 0.5) is 0 Å². The Labute approximate surface area is 123 Å². The number of rotatable bonds is 5. The van der Waals surface area contributed by atoms with Crippen LogP contribution in [-0.2, 0) is 19.1 Å². The van der Waals surface area contributed by atoms with Crippen LogP contribution >= 0.6 is 0 Å². The van der Waals surface area contributed by atoms with Gasteiger partial charge >= 0.3 is 11.9 Å². The van der Waals surface area contributed by atoms with Crippen molar-refractivity contribution in [2.45, 2.75) is 25.8 Å². The van der Waals surface area contributed by atoms with Gasteiger partial charge in [0, 0.05) is 0 Å². The summed E-state index contributed by atoms with van der Waals surface area (Å²) in [6.45, 7) is 3.98. The molecule has 0 aromatic heterocycles. The minimum absolute atomic E-state index is 0.195. The minimum atomic E-state index is -0.716. The number of nitrogens with zero attached hydrogens (tertiary/aromatic N) is 1. The molecule has 1 aliphatic heterocycles. The van der Waals surface area contributed by atoms with Gasteiger partial charge in [-0.2, -0.15) is 5.10 Å². The van der Waals surface area contributed by atoms with Crippen LogP contribution < -0.4 is 5.43 Å². The topological polar surface area (TPSA) is 77.0 Å². The van der Waals surface area contributed by atoms with Crippen LogP contribution in [0.5, 0.6) is 0 Å². The number of benzene rings is 1. The lowest BCUT2D eigenvalue weighted by molar-refractivity contribution is -0.145. The maximum absolute atomic E-state index is 12.0. The zero-order valence-electron chi connectivity index (χ0n) is 12.0. The fourth-order valence-electron chi connectivity index (χ4n) is 2.25. The van der Waals surface area contributed by atoms with Gasteiger partial charge in [-0.15, -0.1) is 0 Å². The molecule has 1 aromatic carbocycles. The van der Waals surface area contributed by atoms with Crippen molar-refractivity contribution in [2.75, 3.05) is 13.2 Å². The molecule has 0 fully saturated rings. The quantitative estimate of drug-likeness (QED) is 0.825. The van der Waals surface area contributed by atoms with Crippen LogP contribution in [-0.4, -0.2) is 36.9 Å². The van der Waals surface area contributed by atoms with Crippen LogP contribution in [0.1, 0.15) is 25.3 Å². The van der Waals surface area contributed by atoms with Crippen LogP contribution in [0.25, 0.3) is 0 Å². The highest BCUT2D eigenvalue weighted by molar-refractivity contribution is 6.39. The van der Waals surface area contributed by atoms with Gasteiger partial charge in [0.15, 0.2) is 11.8 Å². The highest BCUT2D eigenvalue weighted by Crippen LogP contribution is 2.27. The van der Waals surface area contributed by atoms with Crippen molar-refractivity contribution in [2.24, 2.45) is 5.10 Å². The summed E-state index contributed by atoms with van der Waals surface area (Å²) < 4.78 is 10.0. The predicted octanol–water partition coefficient (Wildman–Crippen LogP) is 1.22. The molecule has 2 atom stereocenters. The summed E-state index contributed by atoms with van der Waals surface area (Å²) in [7, 11) is 0. The van der Waals surface area contributed by atoms with Crippen molar-refractivity contribution >= 4 is 17.7 Å². The molecule has 0 saturated carbocycles. The van der Waals surface area contributed by atoms with Crippen molar-refractivity contribution in [1.29, 1.82) is 0 Å². The van der Waals surface area contributed by atoms with Gasteiger partial charge in [0.2, 0.25) is 0 Å². The van der Waals surface area contributed by atoms with E-state index in [0.29, 0.717) is 0 Å². The van der Waals surface area contributed by atoms with E-state index in [0.717, 1.165) is 5.56 Å². The van der Waals surface area contributed by atoms with E-state index in [4.69, 9.17) is 9.47 Å². The van der Waals surface area contributed by atoms with Crippen molar-refractivity contribution in [1.82, 2.24) is 5.43 Å². The largest absolute Gasteiger partial charge is 0.464 e. The highest BCUT2D eigenvalue weighted by Gasteiger charge is 2.42. The molecule has 0 aliphatic carbocycles. The fourth-order valence-corrected chi connectivity index (χ4v) is 2.25. The molecular weight excluding hydrogens is 272 g/mol. The Morgan fingerprint density at radius 3 is 2.43 bits per heavy atom. The lowest BCUT2D eigenvalue weighted by atomic mass is 9.88. The van der Waals surface area contributed by atoms with Gasteiger partial charge in [-0.1, -0.05) is 30.3 Å². The van der Waals surface area contributed by atoms with Crippen LogP contribution in [0.15, 0.2) is 35.4 Å². The Morgan fingerprint density at radius 2 is 1.81 bits per heavy atom. The maximum atomic E-state index is 12.0. The number of esters is 2.